The number of halogens is 1. The minimum atomic E-state index is 0.0511. The van der Waals surface area contributed by atoms with E-state index in [4.69, 9.17) is 0 Å². The Morgan fingerprint density at radius 3 is 2.45 bits per heavy atom. The number of benzene rings is 1. The van der Waals surface area contributed by atoms with Gasteiger partial charge in [-0.25, -0.2) is 0 Å². The molecule has 22 heavy (non-hydrogen) atoms. The summed E-state index contributed by atoms with van der Waals surface area (Å²) < 4.78 is 1.17. The molecule has 0 aromatic heterocycles. The minimum absolute atomic E-state index is 0.0511. The van der Waals surface area contributed by atoms with Crippen molar-refractivity contribution < 1.29 is 14.5 Å². The molecule has 0 aliphatic carbocycles. The van der Waals surface area contributed by atoms with Gasteiger partial charge in [0.1, 0.15) is 0 Å². The highest BCUT2D eigenvalue weighted by atomic mass is 127. The number of carbonyl (C=O) groups excluding carboxylic acids is 2. The van der Waals surface area contributed by atoms with Gasteiger partial charge in [-0.1, -0.05) is 0 Å². The lowest BCUT2D eigenvalue weighted by Crippen LogP contribution is -3.15. The first-order valence-corrected chi connectivity index (χ1v) is 8.47. The molecule has 0 saturated carbocycles. The summed E-state index contributed by atoms with van der Waals surface area (Å²) in [4.78, 5) is 26.7. The Hall–Kier alpha value is -1.35. The molecule has 0 radical (unpaired) electrons. The van der Waals surface area contributed by atoms with Crippen LogP contribution in [0.5, 0.6) is 0 Å². The van der Waals surface area contributed by atoms with Crippen molar-refractivity contribution in [2.24, 2.45) is 0 Å². The number of piperazine rings is 1. The van der Waals surface area contributed by atoms with Crippen molar-refractivity contribution in [3.8, 4) is 0 Å². The Balaban J connectivity index is 1.73. The van der Waals surface area contributed by atoms with Crippen molar-refractivity contribution in [1.29, 1.82) is 0 Å². The van der Waals surface area contributed by atoms with E-state index in [-0.39, 0.29) is 11.8 Å². The van der Waals surface area contributed by atoms with E-state index < -0.39 is 0 Å². The van der Waals surface area contributed by atoms with Crippen LogP contribution >= 0.6 is 22.6 Å². The van der Waals surface area contributed by atoms with Crippen LogP contribution in [-0.2, 0) is 9.59 Å². The number of nitrogens with one attached hydrogen (secondary N) is 3. The first-order chi connectivity index (χ1) is 10.6. The summed E-state index contributed by atoms with van der Waals surface area (Å²) in [5.74, 6) is 0.160. The summed E-state index contributed by atoms with van der Waals surface area (Å²) in [6.07, 6.45) is 0. The second-order valence-electron chi connectivity index (χ2n) is 5.34. The van der Waals surface area contributed by atoms with E-state index in [1.54, 1.807) is 7.05 Å². The molecule has 1 aromatic carbocycles. The van der Waals surface area contributed by atoms with Gasteiger partial charge in [0.25, 0.3) is 5.91 Å². The van der Waals surface area contributed by atoms with Gasteiger partial charge in [-0.05, 0) is 46.9 Å². The summed E-state index contributed by atoms with van der Waals surface area (Å²) >= 11 is 2.25. The molecule has 6 nitrogen and oxygen atoms in total. The van der Waals surface area contributed by atoms with Crippen LogP contribution in [0.1, 0.15) is 0 Å². The number of anilines is 1. The Kier molecular flexibility index (Phi) is 6.44. The van der Waals surface area contributed by atoms with Crippen LogP contribution in [0.25, 0.3) is 0 Å². The van der Waals surface area contributed by atoms with Crippen molar-refractivity contribution in [2.45, 2.75) is 0 Å². The standard InChI is InChI=1S/C15H21IN4O2/c1-17-14(21)11-19-6-8-20(9-7-19)15(22)10-18-13-4-2-12(16)3-5-13/h2-5,18H,6-11H2,1H3,(H,17,21)/p+1. The molecule has 7 heteroatoms. The number of hydrogen-bond acceptors (Lipinski definition) is 3. The van der Waals surface area contributed by atoms with E-state index in [9.17, 15) is 9.59 Å². The van der Waals surface area contributed by atoms with Crippen LogP contribution < -0.4 is 15.5 Å². The zero-order valence-electron chi connectivity index (χ0n) is 12.7. The van der Waals surface area contributed by atoms with Crippen molar-refractivity contribution >= 4 is 40.1 Å². The molecule has 1 saturated heterocycles. The SMILES string of the molecule is CNC(=O)C[NH+]1CCN(C(=O)CNc2ccc(I)cc2)CC1. The molecular formula is C15H22IN4O2+. The fraction of sp³-hybridized carbons (Fsp3) is 0.467. The van der Waals surface area contributed by atoms with Crippen molar-refractivity contribution in [3.63, 3.8) is 0 Å². The van der Waals surface area contributed by atoms with Crippen LogP contribution in [0.4, 0.5) is 5.69 Å². The molecule has 0 bridgehead atoms. The molecular weight excluding hydrogens is 395 g/mol. The number of quaternary nitrogens is 1. The van der Waals surface area contributed by atoms with E-state index in [0.717, 1.165) is 18.8 Å². The number of rotatable bonds is 5. The molecule has 120 valence electrons. The minimum Gasteiger partial charge on any atom is -0.376 e. The quantitative estimate of drug-likeness (QED) is 0.549. The summed E-state index contributed by atoms with van der Waals surface area (Å²) in [5.41, 5.74) is 0.956. The van der Waals surface area contributed by atoms with Crippen molar-refractivity contribution in [2.75, 3.05) is 51.6 Å². The average molecular weight is 417 g/mol. The second kappa shape index (κ2) is 8.33. The zero-order chi connectivity index (χ0) is 15.9. The molecule has 2 rings (SSSR count). The van der Waals surface area contributed by atoms with E-state index in [0.29, 0.717) is 26.2 Å². The monoisotopic (exact) mass is 417 g/mol. The molecule has 0 spiro atoms. The maximum atomic E-state index is 12.2. The molecule has 1 aliphatic rings. The normalized spacial score (nSPS) is 15.5. The zero-order valence-corrected chi connectivity index (χ0v) is 14.9. The Morgan fingerprint density at radius 2 is 1.86 bits per heavy atom. The number of likely N-dealkylation sites (N-methyl/N-ethyl adjacent to an activating group) is 1. The van der Waals surface area contributed by atoms with Crippen molar-refractivity contribution in [1.82, 2.24) is 10.2 Å². The Morgan fingerprint density at radius 1 is 1.23 bits per heavy atom. The van der Waals surface area contributed by atoms with Gasteiger partial charge < -0.3 is 20.4 Å². The van der Waals surface area contributed by atoms with Gasteiger partial charge >= 0.3 is 0 Å². The number of amides is 2. The maximum Gasteiger partial charge on any atom is 0.274 e. The highest BCUT2D eigenvalue weighted by Gasteiger charge is 2.24. The van der Waals surface area contributed by atoms with Crippen LogP contribution in [0.15, 0.2) is 24.3 Å². The highest BCUT2D eigenvalue weighted by molar-refractivity contribution is 14.1. The number of hydrogen-bond donors (Lipinski definition) is 3. The van der Waals surface area contributed by atoms with Gasteiger partial charge in [0.15, 0.2) is 6.54 Å². The smallest absolute Gasteiger partial charge is 0.274 e. The summed E-state index contributed by atoms with van der Waals surface area (Å²) in [6.45, 7) is 3.86. The predicted octanol–water partition coefficient (Wildman–Crippen LogP) is -0.824. The second-order valence-corrected chi connectivity index (χ2v) is 6.59. The fourth-order valence-electron chi connectivity index (χ4n) is 2.42. The van der Waals surface area contributed by atoms with Gasteiger partial charge in [0.2, 0.25) is 5.91 Å². The molecule has 2 amide bonds. The molecule has 1 fully saturated rings. The van der Waals surface area contributed by atoms with Crippen LogP contribution in [-0.4, -0.2) is 63.0 Å². The Bertz CT molecular complexity index is 513. The van der Waals surface area contributed by atoms with Gasteiger partial charge in [0, 0.05) is 16.3 Å². The van der Waals surface area contributed by atoms with Gasteiger partial charge in [-0.2, -0.15) is 0 Å². The summed E-state index contributed by atoms with van der Waals surface area (Å²) in [6, 6.07) is 7.96. The lowest BCUT2D eigenvalue weighted by molar-refractivity contribution is -0.896. The fourth-order valence-corrected chi connectivity index (χ4v) is 2.78. The lowest BCUT2D eigenvalue weighted by atomic mass is 10.3. The lowest BCUT2D eigenvalue weighted by Gasteiger charge is -2.31. The van der Waals surface area contributed by atoms with E-state index in [1.807, 2.05) is 29.2 Å². The largest absolute Gasteiger partial charge is 0.376 e. The Labute approximate surface area is 144 Å². The molecule has 1 heterocycles. The third-order valence-corrected chi connectivity index (χ3v) is 4.52. The third-order valence-electron chi connectivity index (χ3n) is 3.80. The first kappa shape index (κ1) is 17.0. The van der Waals surface area contributed by atoms with Gasteiger partial charge in [-0.3, -0.25) is 9.59 Å². The van der Waals surface area contributed by atoms with Crippen LogP contribution in [0, 0.1) is 3.57 Å². The first-order valence-electron chi connectivity index (χ1n) is 7.40. The van der Waals surface area contributed by atoms with Crippen molar-refractivity contribution in [3.05, 3.63) is 27.8 Å². The summed E-state index contributed by atoms with van der Waals surface area (Å²) in [7, 11) is 1.65. The number of carbonyl (C=O) groups is 2. The molecule has 0 unspecified atom stereocenters. The average Bonchev–Trinajstić information content (AvgIpc) is 2.54. The van der Waals surface area contributed by atoms with Gasteiger partial charge in [-0.15, -0.1) is 0 Å². The predicted molar refractivity (Wildman–Crippen MR) is 93.9 cm³/mol. The van der Waals surface area contributed by atoms with E-state index >= 15 is 0 Å². The maximum absolute atomic E-state index is 12.2. The van der Waals surface area contributed by atoms with Crippen LogP contribution in [0.3, 0.4) is 0 Å². The molecule has 1 aromatic rings. The highest BCUT2D eigenvalue weighted by Crippen LogP contribution is 2.10. The van der Waals surface area contributed by atoms with Crippen LogP contribution in [0.2, 0.25) is 0 Å². The third kappa shape index (κ3) is 5.13. The topological polar surface area (TPSA) is 65.9 Å². The van der Waals surface area contributed by atoms with E-state index in [2.05, 4.69) is 33.2 Å². The number of nitrogens with zero attached hydrogens (tertiary/aromatic N) is 1. The molecule has 1 aliphatic heterocycles. The van der Waals surface area contributed by atoms with Gasteiger partial charge in [0.05, 0.1) is 32.7 Å². The van der Waals surface area contributed by atoms with E-state index in [1.165, 1.54) is 8.47 Å². The molecule has 0 atom stereocenters. The summed E-state index contributed by atoms with van der Waals surface area (Å²) in [5, 5.41) is 5.79. The molecule has 3 N–H and O–H groups in total.